The highest BCUT2D eigenvalue weighted by molar-refractivity contribution is 5.85. The summed E-state index contributed by atoms with van der Waals surface area (Å²) in [6.45, 7) is 3.95. The van der Waals surface area contributed by atoms with Gasteiger partial charge in [0.15, 0.2) is 5.78 Å². The number of methoxy groups -OCH3 is 1. The van der Waals surface area contributed by atoms with Crippen LogP contribution in [0.15, 0.2) is 23.0 Å². The summed E-state index contributed by atoms with van der Waals surface area (Å²) in [6, 6.07) is 1.80. The molecule has 0 saturated heterocycles. The minimum absolute atomic E-state index is 0.101. The Morgan fingerprint density at radius 1 is 1.57 bits per heavy atom. The highest BCUT2D eigenvalue weighted by Gasteiger charge is 2.21. The van der Waals surface area contributed by atoms with Gasteiger partial charge in [0.1, 0.15) is 6.10 Å². The summed E-state index contributed by atoms with van der Waals surface area (Å²) < 4.78 is 10.0. The smallest absolute Gasteiger partial charge is 0.166 e. The van der Waals surface area contributed by atoms with E-state index in [0.717, 1.165) is 5.56 Å². The van der Waals surface area contributed by atoms with Crippen LogP contribution in [-0.2, 0) is 16.0 Å². The molecule has 1 rings (SSSR count). The maximum absolute atomic E-state index is 11.7. The average Bonchev–Trinajstić information content (AvgIpc) is 2.57. The predicted octanol–water partition coefficient (Wildman–Crippen LogP) is 2.06. The molecule has 3 nitrogen and oxygen atoms in total. The van der Waals surface area contributed by atoms with E-state index in [1.54, 1.807) is 25.7 Å². The van der Waals surface area contributed by atoms with E-state index >= 15 is 0 Å². The standard InChI is InChI=1S/C11H16O3/c1-8(2)11(13-3)10(12)6-9-4-5-14-7-9/h4-5,7-8,11H,6H2,1-3H3. The monoisotopic (exact) mass is 196 g/mol. The molecule has 1 heterocycles. The van der Waals surface area contributed by atoms with Crippen LogP contribution >= 0.6 is 0 Å². The molecular weight excluding hydrogens is 180 g/mol. The van der Waals surface area contributed by atoms with Crippen LogP contribution in [0.25, 0.3) is 0 Å². The summed E-state index contributed by atoms with van der Waals surface area (Å²) >= 11 is 0. The second kappa shape index (κ2) is 4.96. The van der Waals surface area contributed by atoms with Crippen molar-refractivity contribution in [1.82, 2.24) is 0 Å². The van der Waals surface area contributed by atoms with Crippen LogP contribution in [0.1, 0.15) is 19.4 Å². The molecule has 1 unspecified atom stereocenters. The Morgan fingerprint density at radius 3 is 2.71 bits per heavy atom. The number of ether oxygens (including phenoxy) is 1. The van der Waals surface area contributed by atoms with Gasteiger partial charge in [0.2, 0.25) is 0 Å². The van der Waals surface area contributed by atoms with Gasteiger partial charge in [0.05, 0.1) is 12.5 Å². The summed E-state index contributed by atoms with van der Waals surface area (Å²) in [7, 11) is 1.57. The van der Waals surface area contributed by atoms with Gasteiger partial charge in [-0.1, -0.05) is 13.8 Å². The second-order valence-electron chi connectivity index (χ2n) is 3.68. The van der Waals surface area contributed by atoms with Crippen molar-refractivity contribution in [2.75, 3.05) is 7.11 Å². The van der Waals surface area contributed by atoms with Gasteiger partial charge in [-0.25, -0.2) is 0 Å². The van der Waals surface area contributed by atoms with Crippen molar-refractivity contribution in [3.8, 4) is 0 Å². The number of carbonyl (C=O) groups is 1. The van der Waals surface area contributed by atoms with Gasteiger partial charge in [0.25, 0.3) is 0 Å². The Bertz CT molecular complexity index is 275. The fourth-order valence-corrected chi connectivity index (χ4v) is 1.47. The molecule has 0 bridgehead atoms. The highest BCUT2D eigenvalue weighted by atomic mass is 16.5. The summed E-state index contributed by atoms with van der Waals surface area (Å²) in [5.74, 6) is 0.309. The van der Waals surface area contributed by atoms with Crippen LogP contribution in [0.5, 0.6) is 0 Å². The maximum Gasteiger partial charge on any atom is 0.166 e. The van der Waals surface area contributed by atoms with Gasteiger partial charge in [-0.2, -0.15) is 0 Å². The van der Waals surface area contributed by atoms with Crippen molar-refractivity contribution < 1.29 is 13.9 Å². The van der Waals surface area contributed by atoms with Crippen molar-refractivity contribution >= 4 is 5.78 Å². The summed E-state index contributed by atoms with van der Waals surface area (Å²) in [5.41, 5.74) is 0.901. The third-order valence-electron chi connectivity index (χ3n) is 2.14. The van der Waals surface area contributed by atoms with E-state index in [1.165, 1.54) is 0 Å². The zero-order chi connectivity index (χ0) is 10.6. The third kappa shape index (κ3) is 2.70. The van der Waals surface area contributed by atoms with Crippen molar-refractivity contribution in [2.24, 2.45) is 5.92 Å². The van der Waals surface area contributed by atoms with Gasteiger partial charge < -0.3 is 9.15 Å². The first kappa shape index (κ1) is 11.0. The van der Waals surface area contributed by atoms with E-state index in [2.05, 4.69) is 0 Å². The highest BCUT2D eigenvalue weighted by Crippen LogP contribution is 2.11. The number of hydrogen-bond acceptors (Lipinski definition) is 3. The van der Waals surface area contributed by atoms with Crippen LogP contribution in [0.3, 0.4) is 0 Å². The number of rotatable bonds is 5. The van der Waals surface area contributed by atoms with E-state index in [-0.39, 0.29) is 17.8 Å². The molecule has 0 amide bonds. The van der Waals surface area contributed by atoms with Gasteiger partial charge in [-0.05, 0) is 17.5 Å². The van der Waals surface area contributed by atoms with Crippen molar-refractivity contribution in [3.63, 3.8) is 0 Å². The molecule has 0 aliphatic heterocycles. The van der Waals surface area contributed by atoms with E-state index in [9.17, 15) is 4.79 Å². The summed E-state index contributed by atoms with van der Waals surface area (Å²) in [6.07, 6.45) is 3.22. The number of furan rings is 1. The molecule has 78 valence electrons. The number of carbonyl (C=O) groups excluding carboxylic acids is 1. The second-order valence-corrected chi connectivity index (χ2v) is 3.68. The first-order chi connectivity index (χ1) is 6.65. The summed E-state index contributed by atoms with van der Waals surface area (Å²) in [4.78, 5) is 11.7. The SMILES string of the molecule is COC(C(=O)Cc1ccoc1)C(C)C. The Kier molecular flexibility index (Phi) is 3.89. The molecule has 0 saturated carbocycles. The minimum atomic E-state index is -0.315. The molecule has 1 aromatic rings. The van der Waals surface area contributed by atoms with Gasteiger partial charge in [0, 0.05) is 13.5 Å². The fraction of sp³-hybridized carbons (Fsp3) is 0.545. The molecule has 3 heteroatoms. The zero-order valence-electron chi connectivity index (χ0n) is 8.82. The normalized spacial score (nSPS) is 13.1. The fourth-order valence-electron chi connectivity index (χ4n) is 1.47. The molecule has 0 fully saturated rings. The molecule has 0 spiro atoms. The Balaban J connectivity index is 2.56. The molecule has 0 aliphatic rings. The predicted molar refractivity (Wildman–Crippen MR) is 53.1 cm³/mol. The van der Waals surface area contributed by atoms with E-state index < -0.39 is 0 Å². The van der Waals surface area contributed by atoms with Gasteiger partial charge in [-0.3, -0.25) is 4.79 Å². The lowest BCUT2D eigenvalue weighted by atomic mass is 9.99. The number of Topliss-reactive ketones (excluding diaryl/α,β-unsaturated/α-hetero) is 1. The quantitative estimate of drug-likeness (QED) is 0.723. The van der Waals surface area contributed by atoms with E-state index in [1.807, 2.05) is 13.8 Å². The molecule has 0 aliphatic carbocycles. The Labute approximate surface area is 84.1 Å². The lowest BCUT2D eigenvalue weighted by Crippen LogP contribution is -2.29. The van der Waals surface area contributed by atoms with Crippen LogP contribution < -0.4 is 0 Å². The lowest BCUT2D eigenvalue weighted by Gasteiger charge is -2.17. The van der Waals surface area contributed by atoms with Crippen LogP contribution in [0.2, 0.25) is 0 Å². The largest absolute Gasteiger partial charge is 0.472 e. The van der Waals surface area contributed by atoms with Crippen molar-refractivity contribution in [3.05, 3.63) is 24.2 Å². The van der Waals surface area contributed by atoms with E-state index in [4.69, 9.17) is 9.15 Å². The van der Waals surface area contributed by atoms with Crippen molar-refractivity contribution in [2.45, 2.75) is 26.4 Å². The Hall–Kier alpha value is -1.09. The van der Waals surface area contributed by atoms with Gasteiger partial charge in [-0.15, -0.1) is 0 Å². The summed E-state index contributed by atoms with van der Waals surface area (Å²) in [5, 5.41) is 0. The molecule has 0 aromatic carbocycles. The van der Waals surface area contributed by atoms with Crippen LogP contribution in [0.4, 0.5) is 0 Å². The van der Waals surface area contributed by atoms with Crippen LogP contribution in [-0.4, -0.2) is 19.0 Å². The molecule has 0 N–H and O–H groups in total. The van der Waals surface area contributed by atoms with Gasteiger partial charge >= 0.3 is 0 Å². The van der Waals surface area contributed by atoms with Crippen molar-refractivity contribution in [1.29, 1.82) is 0 Å². The minimum Gasteiger partial charge on any atom is -0.472 e. The first-order valence-corrected chi connectivity index (χ1v) is 4.71. The molecule has 1 atom stereocenters. The first-order valence-electron chi connectivity index (χ1n) is 4.71. The molecule has 14 heavy (non-hydrogen) atoms. The number of hydrogen-bond donors (Lipinski definition) is 0. The zero-order valence-corrected chi connectivity index (χ0v) is 8.82. The average molecular weight is 196 g/mol. The molecule has 1 aromatic heterocycles. The van der Waals surface area contributed by atoms with E-state index in [0.29, 0.717) is 6.42 Å². The number of ketones is 1. The lowest BCUT2D eigenvalue weighted by molar-refractivity contribution is -0.130. The topological polar surface area (TPSA) is 39.4 Å². The van der Waals surface area contributed by atoms with Crippen LogP contribution in [0, 0.1) is 5.92 Å². The Morgan fingerprint density at radius 2 is 2.29 bits per heavy atom. The molecular formula is C11H16O3. The third-order valence-corrected chi connectivity index (χ3v) is 2.14. The molecule has 0 radical (unpaired) electrons. The maximum atomic E-state index is 11.7.